The van der Waals surface area contributed by atoms with E-state index in [1.54, 1.807) is 11.8 Å². The molecule has 0 amide bonds. The molecular formula is C17H18OS. The fourth-order valence-electron chi connectivity index (χ4n) is 1.91. The summed E-state index contributed by atoms with van der Waals surface area (Å²) in [5, 5.41) is 10.4. The van der Waals surface area contributed by atoms with E-state index in [1.165, 1.54) is 5.56 Å². The largest absolute Gasteiger partial charge is 0.388 e. The van der Waals surface area contributed by atoms with Crippen LogP contribution in [0.25, 0.3) is 0 Å². The minimum Gasteiger partial charge on any atom is -0.388 e. The van der Waals surface area contributed by atoms with E-state index in [1.807, 2.05) is 54.6 Å². The van der Waals surface area contributed by atoms with Crippen molar-refractivity contribution in [1.82, 2.24) is 0 Å². The quantitative estimate of drug-likeness (QED) is 0.786. The average molecular weight is 270 g/mol. The summed E-state index contributed by atoms with van der Waals surface area (Å²) in [6, 6.07) is 20.0. The maximum absolute atomic E-state index is 10.2. The van der Waals surface area contributed by atoms with Gasteiger partial charge in [0.15, 0.2) is 0 Å². The molecule has 2 atom stereocenters. The Morgan fingerprint density at radius 2 is 1.47 bits per heavy atom. The van der Waals surface area contributed by atoms with Crippen molar-refractivity contribution >= 4 is 11.8 Å². The zero-order chi connectivity index (χ0) is 13.5. The van der Waals surface area contributed by atoms with Crippen molar-refractivity contribution in [1.29, 1.82) is 0 Å². The topological polar surface area (TPSA) is 20.2 Å². The summed E-state index contributed by atoms with van der Waals surface area (Å²) >= 11 is 1.71. The molecule has 0 aliphatic heterocycles. The summed E-state index contributed by atoms with van der Waals surface area (Å²) in [5.41, 5.74) is 2.19. The summed E-state index contributed by atoms with van der Waals surface area (Å²) < 4.78 is 0. The first-order valence-corrected chi connectivity index (χ1v) is 7.38. The Bertz CT molecular complexity index is 495. The monoisotopic (exact) mass is 270 g/mol. The number of benzene rings is 2. The van der Waals surface area contributed by atoms with Crippen LogP contribution in [-0.2, 0) is 0 Å². The van der Waals surface area contributed by atoms with Crippen molar-refractivity contribution in [3.63, 3.8) is 0 Å². The summed E-state index contributed by atoms with van der Waals surface area (Å²) in [7, 11) is 0. The third-order valence-electron chi connectivity index (χ3n) is 2.96. The number of hydrogen-bond donors (Lipinski definition) is 1. The van der Waals surface area contributed by atoms with Crippen molar-refractivity contribution in [3.05, 3.63) is 84.4 Å². The van der Waals surface area contributed by atoms with Gasteiger partial charge in [-0.2, -0.15) is 0 Å². The highest BCUT2D eigenvalue weighted by Gasteiger charge is 2.12. The molecule has 2 rings (SSSR count). The molecule has 0 saturated carbocycles. The number of aliphatic hydroxyl groups is 1. The van der Waals surface area contributed by atoms with Gasteiger partial charge in [0.05, 0.1) is 6.10 Å². The van der Waals surface area contributed by atoms with Crippen LogP contribution in [0.1, 0.15) is 22.5 Å². The molecule has 2 heteroatoms. The van der Waals surface area contributed by atoms with E-state index in [0.717, 1.165) is 5.56 Å². The summed E-state index contributed by atoms with van der Waals surface area (Å²) in [4.78, 5) is 0. The molecule has 2 aromatic rings. The third-order valence-corrected chi connectivity index (χ3v) is 4.29. The van der Waals surface area contributed by atoms with Gasteiger partial charge < -0.3 is 5.11 Å². The smallest absolute Gasteiger partial charge is 0.0880 e. The lowest BCUT2D eigenvalue weighted by Crippen LogP contribution is -2.02. The fourth-order valence-corrected chi connectivity index (χ4v) is 2.98. The van der Waals surface area contributed by atoms with Crippen LogP contribution in [0, 0.1) is 0 Å². The van der Waals surface area contributed by atoms with Crippen molar-refractivity contribution in [2.24, 2.45) is 0 Å². The van der Waals surface area contributed by atoms with E-state index in [-0.39, 0.29) is 5.25 Å². The summed E-state index contributed by atoms with van der Waals surface area (Å²) in [6.45, 7) is 3.89. The van der Waals surface area contributed by atoms with E-state index in [0.29, 0.717) is 5.75 Å². The molecule has 0 fully saturated rings. The Morgan fingerprint density at radius 3 is 2.00 bits per heavy atom. The highest BCUT2D eigenvalue weighted by molar-refractivity contribution is 7.99. The maximum atomic E-state index is 10.2. The molecule has 98 valence electrons. The van der Waals surface area contributed by atoms with Crippen molar-refractivity contribution in [3.8, 4) is 0 Å². The second-order valence-corrected chi connectivity index (χ2v) is 5.50. The second kappa shape index (κ2) is 7.17. The maximum Gasteiger partial charge on any atom is 0.0880 e. The first-order chi connectivity index (χ1) is 9.31. The number of thioether (sulfide) groups is 1. The van der Waals surface area contributed by atoms with Crippen LogP contribution >= 0.6 is 11.8 Å². The van der Waals surface area contributed by atoms with Crippen LogP contribution in [0.3, 0.4) is 0 Å². The molecule has 0 aromatic heterocycles. The Kier molecular flexibility index (Phi) is 5.25. The predicted molar refractivity (Wildman–Crippen MR) is 83.2 cm³/mol. The van der Waals surface area contributed by atoms with Crippen LogP contribution in [-0.4, -0.2) is 10.9 Å². The Labute approximate surface area is 119 Å². The summed E-state index contributed by atoms with van der Waals surface area (Å²) in [6.07, 6.45) is 1.50. The van der Waals surface area contributed by atoms with Gasteiger partial charge in [0.2, 0.25) is 0 Å². The van der Waals surface area contributed by atoms with Gasteiger partial charge in [-0.1, -0.05) is 66.7 Å². The SMILES string of the molecule is C=CC(SCC(O)c1ccccc1)c1ccccc1. The Hall–Kier alpha value is -1.51. The first kappa shape index (κ1) is 13.9. The number of aliphatic hydroxyl groups excluding tert-OH is 1. The predicted octanol–water partition coefficient (Wildman–Crippen LogP) is 4.38. The van der Waals surface area contributed by atoms with Gasteiger partial charge in [0.1, 0.15) is 0 Å². The van der Waals surface area contributed by atoms with E-state index >= 15 is 0 Å². The molecule has 0 bridgehead atoms. The zero-order valence-corrected chi connectivity index (χ0v) is 11.6. The van der Waals surface area contributed by atoms with Gasteiger partial charge in [-0.25, -0.2) is 0 Å². The number of hydrogen-bond acceptors (Lipinski definition) is 2. The van der Waals surface area contributed by atoms with Gasteiger partial charge in [-0.15, -0.1) is 18.3 Å². The molecule has 0 saturated heterocycles. The van der Waals surface area contributed by atoms with Gasteiger partial charge in [0.25, 0.3) is 0 Å². The van der Waals surface area contributed by atoms with Crippen LogP contribution in [0.15, 0.2) is 73.3 Å². The van der Waals surface area contributed by atoms with Crippen LogP contribution in [0.2, 0.25) is 0 Å². The van der Waals surface area contributed by atoms with Crippen LogP contribution in [0.5, 0.6) is 0 Å². The van der Waals surface area contributed by atoms with Gasteiger partial charge in [-0.05, 0) is 11.1 Å². The molecule has 0 heterocycles. The van der Waals surface area contributed by atoms with Gasteiger partial charge in [-0.3, -0.25) is 0 Å². The molecule has 2 unspecified atom stereocenters. The van der Waals surface area contributed by atoms with Crippen LogP contribution < -0.4 is 0 Å². The van der Waals surface area contributed by atoms with Crippen LogP contribution in [0.4, 0.5) is 0 Å². The normalized spacial score (nSPS) is 13.7. The van der Waals surface area contributed by atoms with Crippen molar-refractivity contribution in [2.45, 2.75) is 11.4 Å². The van der Waals surface area contributed by atoms with Gasteiger partial charge in [0, 0.05) is 11.0 Å². The van der Waals surface area contributed by atoms with E-state index in [9.17, 15) is 5.11 Å². The first-order valence-electron chi connectivity index (χ1n) is 6.33. The van der Waals surface area contributed by atoms with E-state index in [2.05, 4.69) is 18.7 Å². The average Bonchev–Trinajstić information content (AvgIpc) is 2.49. The molecule has 2 aromatic carbocycles. The van der Waals surface area contributed by atoms with Gasteiger partial charge >= 0.3 is 0 Å². The van der Waals surface area contributed by atoms with E-state index < -0.39 is 6.10 Å². The summed E-state index contributed by atoms with van der Waals surface area (Å²) in [5.74, 6) is 0.662. The Morgan fingerprint density at radius 1 is 0.947 bits per heavy atom. The molecule has 1 N–H and O–H groups in total. The highest BCUT2D eigenvalue weighted by atomic mass is 32.2. The van der Waals surface area contributed by atoms with E-state index in [4.69, 9.17) is 0 Å². The molecular weight excluding hydrogens is 252 g/mol. The molecule has 0 spiro atoms. The van der Waals surface area contributed by atoms with Crippen molar-refractivity contribution in [2.75, 3.05) is 5.75 Å². The molecule has 0 aliphatic rings. The molecule has 1 nitrogen and oxygen atoms in total. The van der Waals surface area contributed by atoms with Crippen molar-refractivity contribution < 1.29 is 5.11 Å². The standard InChI is InChI=1S/C17H18OS/c1-2-17(15-11-7-4-8-12-15)19-13-16(18)14-9-5-3-6-10-14/h2-12,16-18H,1,13H2. The molecule has 0 radical (unpaired) electrons. The second-order valence-electron chi connectivity index (χ2n) is 4.33. The lowest BCUT2D eigenvalue weighted by Gasteiger charge is -2.16. The number of rotatable bonds is 6. The minimum absolute atomic E-state index is 0.222. The fraction of sp³-hybridized carbons (Fsp3) is 0.176. The zero-order valence-electron chi connectivity index (χ0n) is 10.8. The minimum atomic E-state index is -0.433. The lowest BCUT2D eigenvalue weighted by molar-refractivity contribution is 0.204. The third kappa shape index (κ3) is 3.98. The lowest BCUT2D eigenvalue weighted by atomic mass is 10.1. The Balaban J connectivity index is 1.96. The molecule has 19 heavy (non-hydrogen) atoms. The highest BCUT2D eigenvalue weighted by Crippen LogP contribution is 2.32. The molecule has 0 aliphatic carbocycles.